The number of fused-ring (bicyclic) bond motifs is 1. The molecule has 6 heteroatoms. The van der Waals surface area contributed by atoms with E-state index in [9.17, 15) is 14.7 Å². The average Bonchev–Trinajstić information content (AvgIpc) is 2.57. The van der Waals surface area contributed by atoms with E-state index in [4.69, 9.17) is 0 Å². The molecule has 0 bridgehead atoms. The summed E-state index contributed by atoms with van der Waals surface area (Å²) in [6.45, 7) is 0. The summed E-state index contributed by atoms with van der Waals surface area (Å²) in [5.74, 6) is -2.94. The third kappa shape index (κ3) is 3.12. The van der Waals surface area contributed by atoms with Gasteiger partial charge in [-0.1, -0.05) is 34.1 Å². The molecule has 1 amide bonds. The van der Waals surface area contributed by atoms with Gasteiger partial charge in [0.05, 0.1) is 17.1 Å². The summed E-state index contributed by atoms with van der Waals surface area (Å²) >= 11 is 3.45. The second kappa shape index (κ2) is 6.50. The summed E-state index contributed by atoms with van der Waals surface area (Å²) in [5.41, 5.74) is 1.23. The molecule has 3 rings (SSSR count). The number of hydrogen-bond donors (Lipinski definition) is 1. The van der Waals surface area contributed by atoms with Crippen LogP contribution < -0.4 is 10.4 Å². The van der Waals surface area contributed by atoms with Crippen LogP contribution in [0.3, 0.4) is 0 Å². The number of nitrogens with one attached hydrogen (secondary N) is 1. The number of carbonyl (C=O) groups excluding carboxylic acids is 2. The maximum absolute atomic E-state index is 12.5. The van der Waals surface area contributed by atoms with E-state index in [0.717, 1.165) is 9.86 Å². The van der Waals surface area contributed by atoms with Gasteiger partial charge >= 0.3 is 0 Å². The molecule has 0 radical (unpaired) electrons. The van der Waals surface area contributed by atoms with Crippen molar-refractivity contribution >= 4 is 44.4 Å². The monoisotopic (exact) mass is 373 g/mol. The van der Waals surface area contributed by atoms with E-state index in [1.54, 1.807) is 18.3 Å². The molecule has 0 saturated heterocycles. The molecule has 2 atom stereocenters. The highest BCUT2D eigenvalue weighted by atomic mass is 79.9. The smallest absolute Gasteiger partial charge is 0.228 e. The van der Waals surface area contributed by atoms with Gasteiger partial charge in [0.1, 0.15) is 0 Å². The molecular formula is C17H14BrN2O3-. The standard InChI is InChI=1S/C17H15BrN2O3/c18-13-7-8-14(15-12(13)6-3-9-19-15)20-16(21)10-4-1-2-5-11(10)17(22)23/h1-3,6-11H,4-5H2,(H,20,21)(H,22,23)/p-1/t10-,11+/m0/s1. The Balaban J connectivity index is 1.90. The van der Waals surface area contributed by atoms with Crippen molar-refractivity contribution in [2.75, 3.05) is 5.32 Å². The number of rotatable bonds is 3. The first kappa shape index (κ1) is 15.7. The SMILES string of the molecule is O=C(Nc1ccc(Br)c2cccnc12)[C@H]1CC=CC[C@H]1C(=O)[O-]. The molecule has 0 unspecified atom stereocenters. The largest absolute Gasteiger partial charge is 0.550 e. The van der Waals surface area contributed by atoms with Gasteiger partial charge in [0.15, 0.2) is 0 Å². The van der Waals surface area contributed by atoms with E-state index in [1.807, 2.05) is 24.3 Å². The summed E-state index contributed by atoms with van der Waals surface area (Å²) in [5, 5.41) is 14.9. The third-order valence-corrected chi connectivity index (χ3v) is 4.74. The van der Waals surface area contributed by atoms with Crippen LogP contribution in [0, 0.1) is 11.8 Å². The van der Waals surface area contributed by atoms with Gasteiger partial charge in [-0.25, -0.2) is 0 Å². The molecule has 0 spiro atoms. The Kier molecular flexibility index (Phi) is 4.43. The lowest BCUT2D eigenvalue weighted by atomic mass is 9.82. The number of allylic oxidation sites excluding steroid dienone is 2. The highest BCUT2D eigenvalue weighted by Gasteiger charge is 2.30. The first-order chi connectivity index (χ1) is 11.1. The predicted octanol–water partition coefficient (Wildman–Crippen LogP) is 2.27. The number of nitrogens with zero attached hydrogens (tertiary/aromatic N) is 1. The zero-order valence-electron chi connectivity index (χ0n) is 12.2. The quantitative estimate of drug-likeness (QED) is 0.836. The molecule has 23 heavy (non-hydrogen) atoms. The van der Waals surface area contributed by atoms with Gasteiger partial charge in [-0.2, -0.15) is 0 Å². The molecule has 1 aliphatic rings. The fourth-order valence-corrected chi connectivity index (χ4v) is 3.28. The lowest BCUT2D eigenvalue weighted by Crippen LogP contribution is -2.41. The lowest BCUT2D eigenvalue weighted by molar-refractivity contribution is -0.313. The number of anilines is 1. The summed E-state index contributed by atoms with van der Waals surface area (Å²) in [6.07, 6.45) is 5.98. The summed E-state index contributed by atoms with van der Waals surface area (Å²) in [7, 11) is 0. The molecule has 1 heterocycles. The van der Waals surface area contributed by atoms with Gasteiger partial charge < -0.3 is 15.2 Å². The Hall–Kier alpha value is -2.21. The molecule has 1 N–H and O–H groups in total. The molecule has 0 aliphatic heterocycles. The molecule has 1 aliphatic carbocycles. The van der Waals surface area contributed by atoms with Gasteiger partial charge in [-0.3, -0.25) is 9.78 Å². The van der Waals surface area contributed by atoms with Crippen molar-refractivity contribution in [1.29, 1.82) is 0 Å². The summed E-state index contributed by atoms with van der Waals surface area (Å²) in [6, 6.07) is 7.30. The van der Waals surface area contributed by atoms with Crippen molar-refractivity contribution in [2.24, 2.45) is 11.8 Å². The van der Waals surface area contributed by atoms with E-state index in [1.165, 1.54) is 0 Å². The van der Waals surface area contributed by atoms with Crippen LogP contribution in [0.1, 0.15) is 12.8 Å². The first-order valence-electron chi connectivity index (χ1n) is 7.28. The maximum atomic E-state index is 12.5. The second-order valence-corrected chi connectivity index (χ2v) is 6.31. The number of hydrogen-bond acceptors (Lipinski definition) is 4. The summed E-state index contributed by atoms with van der Waals surface area (Å²) < 4.78 is 0.881. The molecule has 0 saturated carbocycles. The average molecular weight is 374 g/mol. The van der Waals surface area contributed by atoms with Gasteiger partial charge in [-0.15, -0.1) is 0 Å². The van der Waals surface area contributed by atoms with Crippen LogP contribution in [-0.4, -0.2) is 16.9 Å². The minimum atomic E-state index is -1.19. The van der Waals surface area contributed by atoms with Gasteiger partial charge in [-0.05, 0) is 31.0 Å². The van der Waals surface area contributed by atoms with Crippen molar-refractivity contribution < 1.29 is 14.7 Å². The molecule has 118 valence electrons. The highest BCUT2D eigenvalue weighted by molar-refractivity contribution is 9.10. The van der Waals surface area contributed by atoms with Gasteiger partial charge in [0.25, 0.3) is 0 Å². The molecule has 1 aromatic heterocycles. The molecule has 0 fully saturated rings. The number of aromatic nitrogens is 1. The van der Waals surface area contributed by atoms with Gasteiger partial charge in [0, 0.05) is 27.9 Å². The Morgan fingerprint density at radius 1 is 1.17 bits per heavy atom. The van der Waals surface area contributed by atoms with Crippen molar-refractivity contribution in [3.63, 3.8) is 0 Å². The number of aliphatic carboxylic acids is 1. The maximum Gasteiger partial charge on any atom is 0.228 e. The predicted molar refractivity (Wildman–Crippen MR) is 88.4 cm³/mol. The Morgan fingerprint density at radius 2 is 1.91 bits per heavy atom. The fraction of sp³-hybridized carbons (Fsp3) is 0.235. The van der Waals surface area contributed by atoms with Crippen LogP contribution in [0.15, 0.2) is 47.1 Å². The normalized spacial score (nSPS) is 20.4. The Labute approximate surface area is 141 Å². The fourth-order valence-electron chi connectivity index (χ4n) is 2.83. The minimum absolute atomic E-state index is 0.319. The van der Waals surface area contributed by atoms with E-state index in [2.05, 4.69) is 26.2 Å². The molecule has 2 aromatic rings. The van der Waals surface area contributed by atoms with Crippen LogP contribution in [0.4, 0.5) is 5.69 Å². The van der Waals surface area contributed by atoms with E-state index in [-0.39, 0.29) is 5.91 Å². The zero-order chi connectivity index (χ0) is 16.4. The number of pyridine rings is 1. The van der Waals surface area contributed by atoms with E-state index < -0.39 is 17.8 Å². The number of carboxylic acid groups (broad SMARTS) is 1. The minimum Gasteiger partial charge on any atom is -0.550 e. The lowest BCUT2D eigenvalue weighted by Gasteiger charge is -2.28. The van der Waals surface area contributed by atoms with Crippen LogP contribution in [-0.2, 0) is 9.59 Å². The third-order valence-electron chi connectivity index (χ3n) is 4.05. The molecular weight excluding hydrogens is 360 g/mol. The van der Waals surface area contributed by atoms with Crippen molar-refractivity contribution in [3.8, 4) is 0 Å². The first-order valence-corrected chi connectivity index (χ1v) is 8.07. The topological polar surface area (TPSA) is 82.1 Å². The molecule has 1 aromatic carbocycles. The van der Waals surface area contributed by atoms with Crippen LogP contribution in [0.5, 0.6) is 0 Å². The van der Waals surface area contributed by atoms with Crippen LogP contribution in [0.2, 0.25) is 0 Å². The zero-order valence-corrected chi connectivity index (χ0v) is 13.7. The number of carboxylic acids is 1. The van der Waals surface area contributed by atoms with Crippen LogP contribution >= 0.6 is 15.9 Å². The van der Waals surface area contributed by atoms with Crippen molar-refractivity contribution in [3.05, 3.63) is 47.1 Å². The molecule has 5 nitrogen and oxygen atoms in total. The van der Waals surface area contributed by atoms with E-state index in [0.29, 0.717) is 24.0 Å². The van der Waals surface area contributed by atoms with E-state index >= 15 is 0 Å². The number of benzene rings is 1. The highest BCUT2D eigenvalue weighted by Crippen LogP contribution is 2.31. The van der Waals surface area contributed by atoms with Crippen LogP contribution in [0.25, 0.3) is 10.9 Å². The van der Waals surface area contributed by atoms with Crippen molar-refractivity contribution in [2.45, 2.75) is 12.8 Å². The number of amides is 1. The summed E-state index contributed by atoms with van der Waals surface area (Å²) in [4.78, 5) is 28.1. The number of carbonyl (C=O) groups is 2. The van der Waals surface area contributed by atoms with Gasteiger partial charge in [0.2, 0.25) is 5.91 Å². The Bertz CT molecular complexity index is 804. The Morgan fingerprint density at radius 3 is 2.65 bits per heavy atom. The van der Waals surface area contributed by atoms with Crippen molar-refractivity contribution in [1.82, 2.24) is 4.98 Å². The number of halogens is 1. The second-order valence-electron chi connectivity index (χ2n) is 5.46.